The van der Waals surface area contributed by atoms with Gasteiger partial charge in [-0.25, -0.2) is 4.98 Å². The molecular formula is C20H17N3OS. The Bertz CT molecular complexity index is 936. The number of hydrogen-bond donors (Lipinski definition) is 1. The Morgan fingerprint density at radius 2 is 1.96 bits per heavy atom. The summed E-state index contributed by atoms with van der Waals surface area (Å²) < 4.78 is 5.17. The number of nitrogens with zero attached hydrogens (tertiary/aromatic N) is 2. The van der Waals surface area contributed by atoms with E-state index in [1.54, 1.807) is 13.3 Å². The summed E-state index contributed by atoms with van der Waals surface area (Å²) >= 11 is 1.45. The van der Waals surface area contributed by atoms with E-state index in [9.17, 15) is 5.26 Å². The Hall–Kier alpha value is -3.10. The molecule has 0 saturated carbocycles. The molecule has 0 amide bonds. The second kappa shape index (κ2) is 7.65. The quantitative estimate of drug-likeness (QED) is 0.652. The van der Waals surface area contributed by atoms with Crippen LogP contribution in [-0.2, 0) is 0 Å². The minimum atomic E-state index is 0.507. The van der Waals surface area contributed by atoms with Crippen LogP contribution in [0.2, 0.25) is 0 Å². The smallest absolute Gasteiger partial charge is 0.136 e. The van der Waals surface area contributed by atoms with E-state index >= 15 is 0 Å². The number of nitrogens with one attached hydrogen (secondary N) is 1. The molecular weight excluding hydrogens is 330 g/mol. The highest BCUT2D eigenvalue weighted by Gasteiger charge is 2.09. The first-order chi connectivity index (χ1) is 12.2. The zero-order valence-corrected chi connectivity index (χ0v) is 14.8. The molecule has 3 aromatic rings. The summed E-state index contributed by atoms with van der Waals surface area (Å²) in [5.41, 5.74) is 4.44. The van der Waals surface area contributed by atoms with Gasteiger partial charge >= 0.3 is 0 Å². The van der Waals surface area contributed by atoms with Crippen LogP contribution in [0.3, 0.4) is 0 Å². The van der Waals surface area contributed by atoms with Crippen molar-refractivity contribution in [2.45, 2.75) is 6.92 Å². The maximum atomic E-state index is 9.47. The van der Waals surface area contributed by atoms with Gasteiger partial charge in [-0.1, -0.05) is 18.2 Å². The van der Waals surface area contributed by atoms with Crippen molar-refractivity contribution < 1.29 is 4.74 Å². The Kier molecular flexibility index (Phi) is 5.12. The lowest BCUT2D eigenvalue weighted by Crippen LogP contribution is -1.93. The van der Waals surface area contributed by atoms with Gasteiger partial charge in [0.15, 0.2) is 0 Å². The topological polar surface area (TPSA) is 57.9 Å². The van der Waals surface area contributed by atoms with Crippen LogP contribution in [0.5, 0.6) is 5.75 Å². The van der Waals surface area contributed by atoms with Crippen LogP contribution in [0.4, 0.5) is 5.69 Å². The number of thiazole rings is 1. The number of anilines is 1. The van der Waals surface area contributed by atoms with Gasteiger partial charge in [0.05, 0.1) is 12.8 Å². The lowest BCUT2D eigenvalue weighted by atomic mass is 10.2. The lowest BCUT2D eigenvalue weighted by Gasteiger charge is -2.04. The van der Waals surface area contributed by atoms with Crippen LogP contribution < -0.4 is 10.1 Å². The average Bonchev–Trinajstić information content (AvgIpc) is 3.14. The van der Waals surface area contributed by atoms with Crippen molar-refractivity contribution in [1.82, 2.24) is 4.98 Å². The molecule has 1 heterocycles. The number of ether oxygens (including phenoxy) is 1. The molecule has 0 unspecified atom stereocenters. The third-order valence-corrected chi connectivity index (χ3v) is 4.63. The SMILES string of the molecule is COc1ccc(-c2csc(/C(C#N)=C/Nc3ccccc3C)n2)cc1. The van der Waals surface area contributed by atoms with Crippen LogP contribution in [0.1, 0.15) is 10.6 Å². The number of allylic oxidation sites excluding steroid dienone is 1. The van der Waals surface area contributed by atoms with Gasteiger partial charge < -0.3 is 10.1 Å². The minimum Gasteiger partial charge on any atom is -0.497 e. The summed E-state index contributed by atoms with van der Waals surface area (Å²) in [4.78, 5) is 4.59. The van der Waals surface area contributed by atoms with Crippen LogP contribution in [-0.4, -0.2) is 12.1 Å². The van der Waals surface area contributed by atoms with Crippen LogP contribution in [0.25, 0.3) is 16.8 Å². The number of aromatic nitrogens is 1. The molecule has 0 saturated heterocycles. The molecule has 0 aliphatic carbocycles. The third kappa shape index (κ3) is 3.87. The van der Waals surface area contributed by atoms with Crippen molar-refractivity contribution in [1.29, 1.82) is 5.26 Å². The zero-order valence-electron chi connectivity index (χ0n) is 14.0. The van der Waals surface area contributed by atoms with Gasteiger partial charge in [-0.05, 0) is 42.8 Å². The predicted octanol–water partition coefficient (Wildman–Crippen LogP) is 5.10. The third-order valence-electron chi connectivity index (χ3n) is 3.76. The number of benzene rings is 2. The van der Waals surface area contributed by atoms with Crippen molar-refractivity contribution in [2.75, 3.05) is 12.4 Å². The highest BCUT2D eigenvalue weighted by molar-refractivity contribution is 7.11. The molecule has 0 aliphatic rings. The predicted molar refractivity (Wildman–Crippen MR) is 102 cm³/mol. The van der Waals surface area contributed by atoms with Gasteiger partial charge in [0.25, 0.3) is 0 Å². The molecule has 0 bridgehead atoms. The van der Waals surface area contributed by atoms with E-state index in [1.165, 1.54) is 11.3 Å². The maximum absolute atomic E-state index is 9.47. The fourth-order valence-corrected chi connectivity index (χ4v) is 3.11. The standard InChI is InChI=1S/C20H17N3OS/c1-14-5-3-4-6-18(14)22-12-16(11-21)20-23-19(13-25-20)15-7-9-17(24-2)10-8-15/h3-10,12-13,22H,1-2H3/b16-12+. The van der Waals surface area contributed by atoms with E-state index < -0.39 is 0 Å². The first-order valence-electron chi connectivity index (χ1n) is 7.74. The van der Waals surface area contributed by atoms with Gasteiger partial charge in [-0.15, -0.1) is 11.3 Å². The second-order valence-electron chi connectivity index (χ2n) is 5.40. The molecule has 124 valence electrons. The first kappa shape index (κ1) is 16.7. The van der Waals surface area contributed by atoms with Crippen molar-refractivity contribution in [3.63, 3.8) is 0 Å². The van der Waals surface area contributed by atoms with Crippen LogP contribution in [0, 0.1) is 18.3 Å². The molecule has 0 radical (unpaired) electrons. The molecule has 0 fully saturated rings. The second-order valence-corrected chi connectivity index (χ2v) is 6.25. The van der Waals surface area contributed by atoms with E-state index in [-0.39, 0.29) is 0 Å². The zero-order chi connectivity index (χ0) is 17.6. The van der Waals surface area contributed by atoms with Gasteiger partial charge in [-0.2, -0.15) is 5.26 Å². The lowest BCUT2D eigenvalue weighted by molar-refractivity contribution is 0.415. The molecule has 0 aliphatic heterocycles. The minimum absolute atomic E-state index is 0.507. The largest absolute Gasteiger partial charge is 0.497 e. The summed E-state index contributed by atoms with van der Waals surface area (Å²) in [7, 11) is 1.64. The van der Waals surface area contributed by atoms with E-state index in [1.807, 2.05) is 60.8 Å². The highest BCUT2D eigenvalue weighted by atomic mass is 32.1. The van der Waals surface area contributed by atoms with E-state index in [0.29, 0.717) is 10.6 Å². The van der Waals surface area contributed by atoms with Crippen molar-refractivity contribution in [3.05, 3.63) is 70.7 Å². The van der Waals surface area contributed by atoms with Crippen molar-refractivity contribution >= 4 is 22.6 Å². The maximum Gasteiger partial charge on any atom is 0.136 e. The highest BCUT2D eigenvalue weighted by Crippen LogP contribution is 2.27. The van der Waals surface area contributed by atoms with Gasteiger partial charge in [0.1, 0.15) is 22.4 Å². The molecule has 1 N–H and O–H groups in total. The normalized spacial score (nSPS) is 11.0. The molecule has 1 aromatic heterocycles. The monoisotopic (exact) mass is 347 g/mol. The van der Waals surface area contributed by atoms with E-state index in [0.717, 1.165) is 28.3 Å². The summed E-state index contributed by atoms with van der Waals surface area (Å²) in [5, 5.41) is 15.3. The number of hydrogen-bond acceptors (Lipinski definition) is 5. The van der Waals surface area contributed by atoms with Gasteiger partial charge in [-0.3, -0.25) is 0 Å². The number of para-hydroxylation sites is 1. The first-order valence-corrected chi connectivity index (χ1v) is 8.62. The molecule has 25 heavy (non-hydrogen) atoms. The molecule has 0 spiro atoms. The summed E-state index contributed by atoms with van der Waals surface area (Å²) in [5.74, 6) is 0.805. The Balaban J connectivity index is 1.82. The van der Waals surface area contributed by atoms with Gasteiger partial charge in [0, 0.05) is 22.8 Å². The summed E-state index contributed by atoms with van der Waals surface area (Å²) in [6.45, 7) is 2.02. The number of aryl methyl sites for hydroxylation is 1. The molecule has 2 aromatic carbocycles. The number of rotatable bonds is 5. The van der Waals surface area contributed by atoms with E-state index in [4.69, 9.17) is 4.74 Å². The van der Waals surface area contributed by atoms with Crippen molar-refractivity contribution in [3.8, 4) is 23.1 Å². The van der Waals surface area contributed by atoms with Crippen molar-refractivity contribution in [2.24, 2.45) is 0 Å². The Morgan fingerprint density at radius 3 is 2.64 bits per heavy atom. The number of nitriles is 1. The Labute approximate surface area is 151 Å². The Morgan fingerprint density at radius 1 is 1.20 bits per heavy atom. The summed E-state index contributed by atoms with van der Waals surface area (Å²) in [6.07, 6.45) is 1.71. The fourth-order valence-electron chi connectivity index (χ4n) is 2.32. The molecule has 3 rings (SSSR count). The van der Waals surface area contributed by atoms with Crippen LogP contribution in [0.15, 0.2) is 60.1 Å². The molecule has 5 heteroatoms. The van der Waals surface area contributed by atoms with E-state index in [2.05, 4.69) is 16.4 Å². The number of methoxy groups -OCH3 is 1. The van der Waals surface area contributed by atoms with Crippen LogP contribution >= 0.6 is 11.3 Å². The molecule has 0 atom stereocenters. The fraction of sp³-hybridized carbons (Fsp3) is 0.100. The molecule has 4 nitrogen and oxygen atoms in total. The van der Waals surface area contributed by atoms with Gasteiger partial charge in [0.2, 0.25) is 0 Å². The summed E-state index contributed by atoms with van der Waals surface area (Å²) in [6, 6.07) is 17.9. The average molecular weight is 347 g/mol.